The molecule has 14 heavy (non-hydrogen) atoms. The molecule has 0 radical (unpaired) electrons. The lowest BCUT2D eigenvalue weighted by atomic mass is 9.99. The topological polar surface area (TPSA) is 73.1 Å². The Morgan fingerprint density at radius 3 is 2.71 bits per heavy atom. The average Bonchev–Trinajstić information content (AvgIpc) is 2.03. The molecule has 0 aromatic carbocycles. The number of thioether (sulfide) groups is 1. The molecule has 80 valence electrons. The van der Waals surface area contributed by atoms with E-state index in [-0.39, 0.29) is 11.7 Å². The Morgan fingerprint density at radius 1 is 1.71 bits per heavy atom. The average molecular weight is 216 g/mol. The van der Waals surface area contributed by atoms with Crippen molar-refractivity contribution >= 4 is 17.7 Å². The van der Waals surface area contributed by atoms with E-state index in [9.17, 15) is 9.90 Å². The summed E-state index contributed by atoms with van der Waals surface area (Å²) in [7, 11) is 0. The van der Waals surface area contributed by atoms with Crippen molar-refractivity contribution in [2.45, 2.75) is 32.4 Å². The number of hydrogen-bond acceptors (Lipinski definition) is 4. The Labute approximate surface area is 88.7 Å². The van der Waals surface area contributed by atoms with Crippen LogP contribution in [0.4, 0.5) is 0 Å². The molecule has 0 aliphatic heterocycles. The van der Waals surface area contributed by atoms with Crippen LogP contribution in [0.15, 0.2) is 0 Å². The lowest BCUT2D eigenvalue weighted by molar-refractivity contribution is -0.121. The Hall–Kier alpha value is -0.730. The second-order valence-electron chi connectivity index (χ2n) is 3.60. The molecule has 0 rings (SSSR count). The lowest BCUT2D eigenvalue weighted by Crippen LogP contribution is -2.51. The molecule has 0 saturated carbocycles. The first-order valence-electron chi connectivity index (χ1n) is 4.34. The maximum atomic E-state index is 11.3. The molecule has 2 N–H and O–H groups in total. The molecule has 0 spiro atoms. The summed E-state index contributed by atoms with van der Waals surface area (Å²) in [5, 5.41) is 20.3. The number of hydrogen-bond donors (Lipinski definition) is 2. The smallest absolute Gasteiger partial charge is 0.230 e. The quantitative estimate of drug-likeness (QED) is 0.657. The molecule has 0 aromatic heterocycles. The summed E-state index contributed by atoms with van der Waals surface area (Å²) in [6.07, 6.45) is -0.604. The van der Waals surface area contributed by atoms with Crippen LogP contribution in [0.3, 0.4) is 0 Å². The fourth-order valence-corrected chi connectivity index (χ4v) is 1.14. The Bertz CT molecular complexity index is 233. The van der Waals surface area contributed by atoms with Crippen molar-refractivity contribution < 1.29 is 9.90 Å². The van der Waals surface area contributed by atoms with Crippen molar-refractivity contribution in [1.82, 2.24) is 5.32 Å². The number of rotatable bonds is 5. The van der Waals surface area contributed by atoms with Gasteiger partial charge in [-0.2, -0.15) is 5.26 Å². The third-order valence-electron chi connectivity index (χ3n) is 1.91. The minimum atomic E-state index is -0.621. The highest BCUT2D eigenvalue weighted by molar-refractivity contribution is 8.00. The van der Waals surface area contributed by atoms with Crippen molar-refractivity contribution in [3.8, 4) is 6.07 Å². The molecule has 0 aromatic rings. The highest BCUT2D eigenvalue weighted by atomic mass is 32.2. The lowest BCUT2D eigenvalue weighted by Gasteiger charge is -2.29. The van der Waals surface area contributed by atoms with E-state index >= 15 is 0 Å². The van der Waals surface area contributed by atoms with Gasteiger partial charge >= 0.3 is 0 Å². The third kappa shape index (κ3) is 5.10. The number of nitriles is 1. The molecule has 5 heteroatoms. The van der Waals surface area contributed by atoms with Crippen LogP contribution >= 0.6 is 11.8 Å². The number of carbonyl (C=O) groups is 1. The molecule has 0 saturated heterocycles. The molecule has 1 unspecified atom stereocenters. The molecular formula is C9H16N2O2S. The first-order valence-corrected chi connectivity index (χ1v) is 5.49. The summed E-state index contributed by atoms with van der Waals surface area (Å²) in [5.74, 6) is 0.405. The summed E-state index contributed by atoms with van der Waals surface area (Å²) in [6.45, 7) is 5.14. The van der Waals surface area contributed by atoms with Crippen LogP contribution in [0.25, 0.3) is 0 Å². The van der Waals surface area contributed by atoms with Crippen molar-refractivity contribution in [3.63, 3.8) is 0 Å². The van der Waals surface area contributed by atoms with Gasteiger partial charge in [-0.25, -0.2) is 0 Å². The zero-order chi connectivity index (χ0) is 11.2. The first-order chi connectivity index (χ1) is 6.40. The zero-order valence-corrected chi connectivity index (χ0v) is 9.52. The van der Waals surface area contributed by atoms with Gasteiger partial charge in [-0.05, 0) is 20.8 Å². The van der Waals surface area contributed by atoms with Crippen molar-refractivity contribution in [1.29, 1.82) is 5.26 Å². The van der Waals surface area contributed by atoms with Gasteiger partial charge < -0.3 is 10.4 Å². The van der Waals surface area contributed by atoms with Gasteiger partial charge in [0.2, 0.25) is 5.91 Å². The van der Waals surface area contributed by atoms with Gasteiger partial charge in [-0.3, -0.25) is 4.79 Å². The SMILES string of the molecule is CC(O)C(C)(C)NC(=O)CSCC#N. The number of carbonyl (C=O) groups excluding carboxylic acids is 1. The number of aliphatic hydroxyl groups is 1. The largest absolute Gasteiger partial charge is 0.391 e. The van der Waals surface area contributed by atoms with Gasteiger partial charge in [0, 0.05) is 0 Å². The van der Waals surface area contributed by atoms with Crippen molar-refractivity contribution in [3.05, 3.63) is 0 Å². The molecule has 4 nitrogen and oxygen atoms in total. The molecule has 0 heterocycles. The first kappa shape index (κ1) is 13.3. The molecule has 0 bridgehead atoms. The summed E-state index contributed by atoms with van der Waals surface area (Å²) in [4.78, 5) is 11.3. The summed E-state index contributed by atoms with van der Waals surface area (Å²) < 4.78 is 0. The highest BCUT2D eigenvalue weighted by Crippen LogP contribution is 2.09. The van der Waals surface area contributed by atoms with E-state index in [0.29, 0.717) is 5.75 Å². The van der Waals surface area contributed by atoms with Crippen LogP contribution in [-0.4, -0.2) is 34.2 Å². The molecule has 1 amide bonds. The number of aliphatic hydroxyl groups excluding tert-OH is 1. The standard InChI is InChI=1S/C9H16N2O2S/c1-7(12)9(2,3)11-8(13)6-14-5-4-10/h7,12H,5-6H2,1-3H3,(H,11,13). The van der Waals surface area contributed by atoms with Crippen LogP contribution in [-0.2, 0) is 4.79 Å². The number of nitrogens with zero attached hydrogens (tertiary/aromatic N) is 1. The zero-order valence-electron chi connectivity index (χ0n) is 8.70. The van der Waals surface area contributed by atoms with E-state index in [1.807, 2.05) is 6.07 Å². The van der Waals surface area contributed by atoms with E-state index in [4.69, 9.17) is 5.26 Å². The monoisotopic (exact) mass is 216 g/mol. The molecular weight excluding hydrogens is 200 g/mol. The molecule has 0 aliphatic rings. The van der Waals surface area contributed by atoms with Gasteiger partial charge in [0.15, 0.2) is 0 Å². The summed E-state index contributed by atoms with van der Waals surface area (Å²) in [5.41, 5.74) is -0.621. The van der Waals surface area contributed by atoms with E-state index in [1.165, 1.54) is 11.8 Å². The van der Waals surface area contributed by atoms with Gasteiger partial charge in [-0.1, -0.05) is 0 Å². The maximum absolute atomic E-state index is 11.3. The van der Waals surface area contributed by atoms with Gasteiger partial charge in [-0.15, -0.1) is 11.8 Å². The van der Waals surface area contributed by atoms with Gasteiger partial charge in [0.25, 0.3) is 0 Å². The summed E-state index contributed by atoms with van der Waals surface area (Å²) in [6, 6.07) is 1.94. The Kier molecular flexibility index (Phi) is 5.58. The fourth-order valence-electron chi connectivity index (χ4n) is 0.689. The third-order valence-corrected chi connectivity index (χ3v) is 2.71. The van der Waals surface area contributed by atoms with E-state index in [2.05, 4.69) is 5.32 Å². The van der Waals surface area contributed by atoms with Crippen LogP contribution < -0.4 is 5.32 Å². The molecule has 0 fully saturated rings. The second-order valence-corrected chi connectivity index (χ2v) is 4.58. The van der Waals surface area contributed by atoms with Crippen molar-refractivity contribution in [2.24, 2.45) is 0 Å². The van der Waals surface area contributed by atoms with Crippen LogP contribution in [0.1, 0.15) is 20.8 Å². The normalized spacial score (nSPS) is 13.1. The van der Waals surface area contributed by atoms with Gasteiger partial charge in [0.1, 0.15) is 0 Å². The predicted octanol–water partition coefficient (Wildman–Crippen LogP) is 0.519. The van der Waals surface area contributed by atoms with E-state index in [1.54, 1.807) is 20.8 Å². The van der Waals surface area contributed by atoms with Crippen LogP contribution in [0.2, 0.25) is 0 Å². The van der Waals surface area contributed by atoms with Crippen LogP contribution in [0, 0.1) is 11.3 Å². The second kappa shape index (κ2) is 5.89. The summed E-state index contributed by atoms with van der Waals surface area (Å²) >= 11 is 1.26. The van der Waals surface area contributed by atoms with E-state index < -0.39 is 11.6 Å². The minimum absolute atomic E-state index is 0.156. The minimum Gasteiger partial charge on any atom is -0.391 e. The number of amides is 1. The fraction of sp³-hybridized carbons (Fsp3) is 0.778. The Balaban J connectivity index is 3.89. The molecule has 0 aliphatic carbocycles. The van der Waals surface area contributed by atoms with Crippen molar-refractivity contribution in [2.75, 3.05) is 11.5 Å². The maximum Gasteiger partial charge on any atom is 0.230 e. The van der Waals surface area contributed by atoms with Gasteiger partial charge in [0.05, 0.1) is 29.2 Å². The molecule has 1 atom stereocenters. The number of nitrogens with one attached hydrogen (secondary N) is 1. The van der Waals surface area contributed by atoms with E-state index in [0.717, 1.165) is 0 Å². The van der Waals surface area contributed by atoms with Crippen LogP contribution in [0.5, 0.6) is 0 Å². The highest BCUT2D eigenvalue weighted by Gasteiger charge is 2.25. The predicted molar refractivity (Wildman–Crippen MR) is 56.8 cm³/mol. The Morgan fingerprint density at radius 2 is 2.29 bits per heavy atom.